The van der Waals surface area contributed by atoms with Gasteiger partial charge in [0, 0.05) is 45.4 Å². The second-order valence-corrected chi connectivity index (χ2v) is 9.19. The van der Waals surface area contributed by atoms with Crippen molar-refractivity contribution in [3.05, 3.63) is 18.2 Å². The molecule has 2 fully saturated rings. The minimum atomic E-state index is -3.67. The number of sulfonamides is 1. The largest absolute Gasteiger partial charge is 0.381 e. The van der Waals surface area contributed by atoms with Crippen LogP contribution < -0.4 is 0 Å². The summed E-state index contributed by atoms with van der Waals surface area (Å²) in [6, 6.07) is 5.12. The first-order valence-corrected chi connectivity index (χ1v) is 11.4. The van der Waals surface area contributed by atoms with E-state index in [-0.39, 0.29) is 10.9 Å². The van der Waals surface area contributed by atoms with Gasteiger partial charge in [-0.05, 0) is 25.0 Å². The molecule has 0 atom stereocenters. The number of aromatic nitrogens is 2. The van der Waals surface area contributed by atoms with Crippen LogP contribution in [0.1, 0.15) is 12.8 Å². The predicted octanol–water partition coefficient (Wildman–Crippen LogP) is 1.19. The molecule has 2 aliphatic heterocycles. The molecule has 2 aromatic rings. The van der Waals surface area contributed by atoms with Gasteiger partial charge < -0.3 is 9.47 Å². The predicted molar refractivity (Wildman–Crippen MR) is 102 cm³/mol. The molecule has 0 radical (unpaired) electrons. The summed E-state index contributed by atoms with van der Waals surface area (Å²) < 4.78 is 48.1. The summed E-state index contributed by atoms with van der Waals surface area (Å²) in [7, 11) is -3.67. The average molecular weight is 413 g/mol. The van der Waals surface area contributed by atoms with Gasteiger partial charge >= 0.3 is 0 Å². The number of ether oxygens (including phenoxy) is 2. The third-order valence-electron chi connectivity index (χ3n) is 5.17. The first-order chi connectivity index (χ1) is 13.2. The van der Waals surface area contributed by atoms with Gasteiger partial charge in [-0.25, -0.2) is 8.42 Å². The van der Waals surface area contributed by atoms with Gasteiger partial charge in [0.2, 0.25) is 10.0 Å². The van der Waals surface area contributed by atoms with Crippen LogP contribution in [0.5, 0.6) is 0 Å². The van der Waals surface area contributed by atoms with Crippen molar-refractivity contribution in [1.29, 1.82) is 0 Å². The Morgan fingerprint density at radius 3 is 2.63 bits per heavy atom. The van der Waals surface area contributed by atoms with Gasteiger partial charge in [-0.15, -0.1) is 0 Å². The Kier molecular flexibility index (Phi) is 6.00. The van der Waals surface area contributed by atoms with Crippen LogP contribution in [0.2, 0.25) is 0 Å². The van der Waals surface area contributed by atoms with Gasteiger partial charge in [-0.1, -0.05) is 6.07 Å². The van der Waals surface area contributed by atoms with Crippen molar-refractivity contribution >= 4 is 32.8 Å². The molecule has 4 rings (SSSR count). The number of benzene rings is 1. The Morgan fingerprint density at radius 1 is 1.11 bits per heavy atom. The van der Waals surface area contributed by atoms with E-state index in [9.17, 15) is 8.42 Å². The Labute approximate surface area is 163 Å². The fraction of sp³-hybridized carbons (Fsp3) is 0.647. The highest BCUT2D eigenvalue weighted by Crippen LogP contribution is 2.28. The van der Waals surface area contributed by atoms with Gasteiger partial charge in [0.05, 0.1) is 24.9 Å². The topological polar surface area (TPSA) is 84.9 Å². The third-order valence-corrected chi connectivity index (χ3v) is 7.70. The Morgan fingerprint density at radius 2 is 1.85 bits per heavy atom. The first kappa shape index (κ1) is 19.2. The molecule has 0 saturated carbocycles. The molecule has 0 aliphatic carbocycles. The number of hydrogen-bond acceptors (Lipinski definition) is 8. The minimum absolute atomic E-state index is 0.0494. The summed E-state index contributed by atoms with van der Waals surface area (Å²) in [5.74, 6) is 0. The van der Waals surface area contributed by atoms with Crippen LogP contribution in [0.25, 0.3) is 11.0 Å². The Balaban J connectivity index is 1.62. The second kappa shape index (κ2) is 8.46. The fourth-order valence-electron chi connectivity index (χ4n) is 3.65. The molecule has 2 saturated heterocycles. The summed E-state index contributed by atoms with van der Waals surface area (Å²) in [6.07, 6.45) is 1.43. The lowest BCUT2D eigenvalue weighted by molar-refractivity contribution is 0.0291. The summed E-state index contributed by atoms with van der Waals surface area (Å²) in [4.78, 5) is 2.51. The Hall–Kier alpha value is -1.17. The SMILES string of the molecule is O=S(=O)(c1cccc2nsnc12)N(CCN1CCOCC1)C1CCOCC1. The molecule has 148 valence electrons. The van der Waals surface area contributed by atoms with E-state index in [0.29, 0.717) is 63.4 Å². The maximum atomic E-state index is 13.6. The molecule has 8 nitrogen and oxygen atoms in total. The summed E-state index contributed by atoms with van der Waals surface area (Å²) in [6.45, 7) is 5.43. The molecule has 1 aromatic carbocycles. The van der Waals surface area contributed by atoms with E-state index >= 15 is 0 Å². The molecule has 27 heavy (non-hydrogen) atoms. The number of hydrogen-bond donors (Lipinski definition) is 0. The smallest absolute Gasteiger partial charge is 0.245 e. The maximum Gasteiger partial charge on any atom is 0.245 e. The minimum Gasteiger partial charge on any atom is -0.381 e. The normalized spacial score (nSPS) is 20.5. The third kappa shape index (κ3) is 4.15. The van der Waals surface area contributed by atoms with E-state index in [0.717, 1.165) is 24.8 Å². The summed E-state index contributed by atoms with van der Waals surface area (Å²) in [5, 5.41) is 0. The van der Waals surface area contributed by atoms with Gasteiger partial charge in [0.15, 0.2) is 0 Å². The van der Waals surface area contributed by atoms with Crippen LogP contribution in [-0.4, -0.2) is 85.0 Å². The van der Waals surface area contributed by atoms with Crippen molar-refractivity contribution in [2.75, 3.05) is 52.6 Å². The van der Waals surface area contributed by atoms with Crippen molar-refractivity contribution < 1.29 is 17.9 Å². The number of nitrogens with zero attached hydrogens (tertiary/aromatic N) is 4. The van der Waals surface area contributed by atoms with Crippen molar-refractivity contribution in [3.63, 3.8) is 0 Å². The second-order valence-electron chi connectivity index (χ2n) is 6.80. The number of rotatable bonds is 6. The van der Waals surface area contributed by atoms with E-state index in [4.69, 9.17) is 9.47 Å². The Bertz CT molecular complexity index is 861. The van der Waals surface area contributed by atoms with Crippen LogP contribution in [0, 0.1) is 0 Å². The first-order valence-electron chi connectivity index (χ1n) is 9.27. The van der Waals surface area contributed by atoms with E-state index < -0.39 is 10.0 Å². The molecule has 0 bridgehead atoms. The molecule has 0 N–H and O–H groups in total. The van der Waals surface area contributed by atoms with Gasteiger partial charge in [0.1, 0.15) is 15.9 Å². The number of morpholine rings is 1. The van der Waals surface area contributed by atoms with Gasteiger partial charge in [-0.3, -0.25) is 4.90 Å². The van der Waals surface area contributed by atoms with E-state index in [1.807, 2.05) is 0 Å². The highest BCUT2D eigenvalue weighted by atomic mass is 32.2. The molecule has 0 amide bonds. The zero-order chi connectivity index (χ0) is 18.7. The zero-order valence-corrected chi connectivity index (χ0v) is 16.8. The van der Waals surface area contributed by atoms with Crippen molar-refractivity contribution in [2.24, 2.45) is 0 Å². The van der Waals surface area contributed by atoms with Crippen LogP contribution in [0.15, 0.2) is 23.1 Å². The molecular weight excluding hydrogens is 388 g/mol. The van der Waals surface area contributed by atoms with Crippen molar-refractivity contribution in [3.8, 4) is 0 Å². The lowest BCUT2D eigenvalue weighted by Crippen LogP contribution is -2.48. The number of fused-ring (bicyclic) bond motifs is 1. The molecule has 2 aliphatic rings. The van der Waals surface area contributed by atoms with Crippen molar-refractivity contribution in [1.82, 2.24) is 18.0 Å². The van der Waals surface area contributed by atoms with E-state index in [1.54, 1.807) is 22.5 Å². The van der Waals surface area contributed by atoms with Gasteiger partial charge in [-0.2, -0.15) is 13.1 Å². The average Bonchev–Trinajstić information content (AvgIpc) is 3.18. The molecular formula is C17H24N4O4S2. The molecule has 3 heterocycles. The maximum absolute atomic E-state index is 13.6. The molecule has 10 heteroatoms. The van der Waals surface area contributed by atoms with Crippen LogP contribution in [0.3, 0.4) is 0 Å². The zero-order valence-electron chi connectivity index (χ0n) is 15.1. The van der Waals surface area contributed by atoms with Crippen LogP contribution in [-0.2, 0) is 19.5 Å². The lowest BCUT2D eigenvalue weighted by atomic mass is 10.1. The lowest BCUT2D eigenvalue weighted by Gasteiger charge is -2.35. The molecule has 1 aromatic heterocycles. The monoisotopic (exact) mass is 412 g/mol. The summed E-state index contributed by atoms with van der Waals surface area (Å²) in [5.41, 5.74) is 1.09. The fourth-order valence-corrected chi connectivity index (χ4v) is 6.08. The summed E-state index contributed by atoms with van der Waals surface area (Å²) >= 11 is 1.04. The molecule has 0 spiro atoms. The highest BCUT2D eigenvalue weighted by Gasteiger charge is 2.34. The molecule has 0 unspecified atom stereocenters. The van der Waals surface area contributed by atoms with Gasteiger partial charge in [0.25, 0.3) is 0 Å². The van der Waals surface area contributed by atoms with E-state index in [2.05, 4.69) is 13.6 Å². The van der Waals surface area contributed by atoms with E-state index in [1.165, 1.54) is 0 Å². The van der Waals surface area contributed by atoms with Crippen LogP contribution in [0.4, 0.5) is 0 Å². The highest BCUT2D eigenvalue weighted by molar-refractivity contribution is 7.89. The van der Waals surface area contributed by atoms with Crippen LogP contribution >= 0.6 is 11.7 Å². The standard InChI is InChI=1S/C17H24N4O4S2/c22-27(23,16-3-1-2-15-17(16)19-26-18-15)21(14-4-10-24-11-5-14)7-6-20-8-12-25-13-9-20/h1-3,14H,4-13H2. The quantitative estimate of drug-likeness (QED) is 0.705. The van der Waals surface area contributed by atoms with Crippen molar-refractivity contribution in [2.45, 2.75) is 23.8 Å².